The molecule has 0 saturated heterocycles. The van der Waals surface area contributed by atoms with E-state index in [1.54, 1.807) is 31.2 Å². The molecular weight excluding hydrogens is 226 g/mol. The van der Waals surface area contributed by atoms with E-state index < -0.39 is 0 Å². The highest BCUT2D eigenvalue weighted by molar-refractivity contribution is 6.30. The fourth-order valence-corrected chi connectivity index (χ4v) is 1.21. The lowest BCUT2D eigenvalue weighted by atomic mass is 10.3. The number of amides is 1. The molecule has 3 nitrogen and oxygen atoms in total. The van der Waals surface area contributed by atoms with Gasteiger partial charge in [-0.1, -0.05) is 23.6 Å². The first kappa shape index (κ1) is 12.4. The van der Waals surface area contributed by atoms with Gasteiger partial charge < -0.3 is 10.1 Å². The number of hydrogen-bond acceptors (Lipinski definition) is 2. The molecule has 0 fully saturated rings. The molecule has 0 spiro atoms. The second-order valence-electron chi connectivity index (χ2n) is 3.20. The Bertz CT molecular complexity index is 412. The van der Waals surface area contributed by atoms with Crippen LogP contribution in [0.3, 0.4) is 0 Å². The summed E-state index contributed by atoms with van der Waals surface area (Å²) in [6, 6.07) is 6.55. The van der Waals surface area contributed by atoms with Crippen molar-refractivity contribution in [2.45, 2.75) is 13.0 Å². The van der Waals surface area contributed by atoms with Crippen molar-refractivity contribution in [1.82, 2.24) is 5.32 Å². The summed E-state index contributed by atoms with van der Waals surface area (Å²) in [6.45, 7) is 1.64. The van der Waals surface area contributed by atoms with Crippen LogP contribution in [0.4, 0.5) is 0 Å². The molecule has 1 aromatic carbocycles. The van der Waals surface area contributed by atoms with Gasteiger partial charge in [0, 0.05) is 5.02 Å². The quantitative estimate of drug-likeness (QED) is 0.812. The van der Waals surface area contributed by atoms with Crippen molar-refractivity contribution >= 4 is 17.5 Å². The third-order valence-corrected chi connectivity index (χ3v) is 2.03. The first-order valence-electron chi connectivity index (χ1n) is 4.75. The van der Waals surface area contributed by atoms with Crippen LogP contribution in [0.2, 0.25) is 5.02 Å². The molecule has 0 heterocycles. The molecule has 0 saturated carbocycles. The minimum Gasteiger partial charge on any atom is -0.484 e. The van der Waals surface area contributed by atoms with Crippen LogP contribution in [-0.2, 0) is 4.79 Å². The van der Waals surface area contributed by atoms with Gasteiger partial charge in [0.05, 0.1) is 6.04 Å². The molecule has 84 valence electrons. The number of hydrogen-bond donors (Lipinski definition) is 1. The number of halogens is 1. The lowest BCUT2D eigenvalue weighted by molar-refractivity contribution is -0.123. The average molecular weight is 238 g/mol. The minimum atomic E-state index is -0.296. The van der Waals surface area contributed by atoms with Gasteiger partial charge >= 0.3 is 0 Å². The van der Waals surface area contributed by atoms with Gasteiger partial charge in [0.25, 0.3) is 5.91 Å². The van der Waals surface area contributed by atoms with Crippen LogP contribution in [0.15, 0.2) is 24.3 Å². The molecule has 0 aliphatic carbocycles. The molecule has 1 amide bonds. The normalized spacial score (nSPS) is 11.3. The van der Waals surface area contributed by atoms with E-state index in [9.17, 15) is 4.79 Å². The lowest BCUT2D eigenvalue weighted by Crippen LogP contribution is -2.35. The molecule has 0 aromatic heterocycles. The molecule has 1 N–H and O–H groups in total. The highest BCUT2D eigenvalue weighted by atomic mass is 35.5. The molecule has 0 aliphatic heterocycles. The van der Waals surface area contributed by atoms with Crippen molar-refractivity contribution in [3.05, 3.63) is 29.3 Å². The monoisotopic (exact) mass is 237 g/mol. The maximum atomic E-state index is 11.3. The lowest BCUT2D eigenvalue weighted by Gasteiger charge is -2.09. The summed E-state index contributed by atoms with van der Waals surface area (Å²) in [7, 11) is 0. The maximum absolute atomic E-state index is 11.3. The molecule has 0 bridgehead atoms. The van der Waals surface area contributed by atoms with Gasteiger partial charge in [-0.2, -0.15) is 0 Å². The number of carbonyl (C=O) groups is 1. The van der Waals surface area contributed by atoms with Crippen LogP contribution < -0.4 is 10.1 Å². The Morgan fingerprint density at radius 2 is 2.44 bits per heavy atom. The summed E-state index contributed by atoms with van der Waals surface area (Å²) in [5, 5.41) is 3.15. The summed E-state index contributed by atoms with van der Waals surface area (Å²) >= 11 is 5.76. The van der Waals surface area contributed by atoms with Gasteiger partial charge in [-0.15, -0.1) is 6.42 Å². The fourth-order valence-electron chi connectivity index (χ4n) is 1.03. The standard InChI is InChI=1S/C12H12ClNO2/c1-3-9(2)14-12(15)8-16-11-6-4-5-10(13)7-11/h1,4-7,9H,8H2,2H3,(H,14,15). The van der Waals surface area contributed by atoms with E-state index >= 15 is 0 Å². The van der Waals surface area contributed by atoms with Crippen LogP contribution in [-0.4, -0.2) is 18.6 Å². The topological polar surface area (TPSA) is 38.3 Å². The zero-order valence-electron chi connectivity index (χ0n) is 8.87. The first-order chi connectivity index (χ1) is 7.61. The Kier molecular flexibility index (Phi) is 4.68. The van der Waals surface area contributed by atoms with E-state index in [2.05, 4.69) is 11.2 Å². The van der Waals surface area contributed by atoms with Crippen LogP contribution in [0.1, 0.15) is 6.92 Å². The average Bonchev–Trinajstić information content (AvgIpc) is 2.26. The van der Waals surface area contributed by atoms with Crippen molar-refractivity contribution in [2.75, 3.05) is 6.61 Å². The van der Waals surface area contributed by atoms with Gasteiger partial charge in [-0.05, 0) is 25.1 Å². The largest absolute Gasteiger partial charge is 0.484 e. The summed E-state index contributed by atoms with van der Waals surface area (Å²) in [4.78, 5) is 11.3. The first-order valence-corrected chi connectivity index (χ1v) is 5.13. The van der Waals surface area contributed by atoms with Crippen molar-refractivity contribution in [1.29, 1.82) is 0 Å². The predicted molar refractivity (Wildman–Crippen MR) is 63.4 cm³/mol. The van der Waals surface area contributed by atoms with Gasteiger partial charge in [0.15, 0.2) is 6.61 Å². The molecule has 1 aromatic rings. The second kappa shape index (κ2) is 6.04. The van der Waals surface area contributed by atoms with Crippen molar-refractivity contribution in [3.63, 3.8) is 0 Å². The van der Waals surface area contributed by atoms with E-state index in [1.807, 2.05) is 0 Å². The van der Waals surface area contributed by atoms with Gasteiger partial charge in [-0.25, -0.2) is 0 Å². The van der Waals surface area contributed by atoms with E-state index in [4.69, 9.17) is 22.8 Å². The van der Waals surface area contributed by atoms with Crippen LogP contribution in [0, 0.1) is 12.3 Å². The van der Waals surface area contributed by atoms with Crippen LogP contribution in [0.5, 0.6) is 5.75 Å². The molecule has 0 aliphatic rings. The predicted octanol–water partition coefficient (Wildman–Crippen LogP) is 1.86. The van der Waals surface area contributed by atoms with E-state index in [0.29, 0.717) is 10.8 Å². The molecule has 1 atom stereocenters. The SMILES string of the molecule is C#CC(C)NC(=O)COc1cccc(Cl)c1. The Morgan fingerprint density at radius 1 is 1.69 bits per heavy atom. The number of terminal acetylenes is 1. The van der Waals surface area contributed by atoms with E-state index in [-0.39, 0.29) is 18.6 Å². The van der Waals surface area contributed by atoms with Crippen molar-refractivity contribution in [3.8, 4) is 18.1 Å². The highest BCUT2D eigenvalue weighted by Gasteiger charge is 2.05. The Hall–Kier alpha value is -1.66. The minimum absolute atomic E-state index is 0.0770. The molecule has 16 heavy (non-hydrogen) atoms. The molecular formula is C12H12ClNO2. The zero-order valence-corrected chi connectivity index (χ0v) is 9.62. The number of ether oxygens (including phenoxy) is 1. The van der Waals surface area contributed by atoms with Crippen LogP contribution >= 0.6 is 11.6 Å². The molecule has 4 heteroatoms. The Morgan fingerprint density at radius 3 is 3.06 bits per heavy atom. The number of rotatable bonds is 4. The van der Waals surface area contributed by atoms with Gasteiger partial charge in [0.1, 0.15) is 5.75 Å². The maximum Gasteiger partial charge on any atom is 0.258 e. The summed E-state index contributed by atoms with van der Waals surface area (Å²) in [5.74, 6) is 2.69. The molecule has 1 rings (SSSR count). The summed E-state index contributed by atoms with van der Waals surface area (Å²) in [6.07, 6.45) is 5.12. The molecule has 0 radical (unpaired) electrons. The van der Waals surface area contributed by atoms with Gasteiger partial charge in [-0.3, -0.25) is 4.79 Å². The smallest absolute Gasteiger partial charge is 0.258 e. The van der Waals surface area contributed by atoms with Crippen LogP contribution in [0.25, 0.3) is 0 Å². The number of benzene rings is 1. The van der Waals surface area contributed by atoms with Gasteiger partial charge in [0.2, 0.25) is 0 Å². The Balaban J connectivity index is 2.41. The van der Waals surface area contributed by atoms with E-state index in [0.717, 1.165) is 0 Å². The number of carbonyl (C=O) groups excluding carboxylic acids is 1. The third-order valence-electron chi connectivity index (χ3n) is 1.79. The summed E-state index contributed by atoms with van der Waals surface area (Å²) in [5.41, 5.74) is 0. The van der Waals surface area contributed by atoms with E-state index in [1.165, 1.54) is 0 Å². The fraction of sp³-hybridized carbons (Fsp3) is 0.250. The summed E-state index contributed by atoms with van der Waals surface area (Å²) < 4.78 is 5.23. The van der Waals surface area contributed by atoms with Crippen molar-refractivity contribution < 1.29 is 9.53 Å². The second-order valence-corrected chi connectivity index (χ2v) is 3.64. The van der Waals surface area contributed by atoms with Crippen molar-refractivity contribution in [2.24, 2.45) is 0 Å². The highest BCUT2D eigenvalue weighted by Crippen LogP contribution is 2.16. The zero-order chi connectivity index (χ0) is 12.0. The number of nitrogens with one attached hydrogen (secondary N) is 1. The molecule has 1 unspecified atom stereocenters. The Labute approximate surface area is 99.7 Å². The third kappa shape index (κ3) is 4.24.